The third-order valence-corrected chi connectivity index (χ3v) is 3.87. The van der Waals surface area contributed by atoms with Gasteiger partial charge in [-0.25, -0.2) is 0 Å². The van der Waals surface area contributed by atoms with Crippen molar-refractivity contribution in [2.24, 2.45) is 0 Å². The van der Waals surface area contributed by atoms with Crippen molar-refractivity contribution >= 4 is 17.7 Å². The summed E-state index contributed by atoms with van der Waals surface area (Å²) in [4.78, 5) is 14.0. The van der Waals surface area contributed by atoms with E-state index >= 15 is 0 Å². The number of hydrogen-bond acceptors (Lipinski definition) is 3. The standard InChI is InChI=1S/C11H21NO2S/c1-4-6-10-12(7-8-15-10)11(13)9(3)14-5-2/h9-10H,4-8H2,1-3H3. The van der Waals surface area contributed by atoms with E-state index in [1.807, 2.05) is 30.5 Å². The van der Waals surface area contributed by atoms with Crippen LogP contribution in [0.2, 0.25) is 0 Å². The zero-order valence-corrected chi connectivity index (χ0v) is 10.7. The lowest BCUT2D eigenvalue weighted by atomic mass is 10.2. The monoisotopic (exact) mass is 231 g/mol. The Labute approximate surface area is 96.5 Å². The fourth-order valence-corrected chi connectivity index (χ4v) is 3.18. The molecule has 3 nitrogen and oxygen atoms in total. The molecule has 1 rings (SSSR count). The molecule has 1 saturated heterocycles. The maximum Gasteiger partial charge on any atom is 0.252 e. The van der Waals surface area contributed by atoms with Crippen molar-refractivity contribution in [2.45, 2.75) is 45.1 Å². The van der Waals surface area contributed by atoms with Crippen LogP contribution in [0.5, 0.6) is 0 Å². The lowest BCUT2D eigenvalue weighted by molar-refractivity contribution is -0.142. The van der Waals surface area contributed by atoms with E-state index in [1.54, 1.807) is 0 Å². The molecule has 0 spiro atoms. The van der Waals surface area contributed by atoms with Crippen LogP contribution >= 0.6 is 11.8 Å². The molecule has 88 valence electrons. The second kappa shape index (κ2) is 6.38. The Morgan fingerprint density at radius 3 is 2.93 bits per heavy atom. The Bertz CT molecular complexity index is 211. The molecule has 1 amide bonds. The molecule has 1 fully saturated rings. The first-order chi connectivity index (χ1) is 7.20. The van der Waals surface area contributed by atoms with E-state index in [1.165, 1.54) is 0 Å². The summed E-state index contributed by atoms with van der Waals surface area (Å²) in [5.41, 5.74) is 0. The predicted octanol–water partition coefficient (Wildman–Crippen LogP) is 2.11. The molecule has 0 aliphatic carbocycles. The molecule has 2 atom stereocenters. The van der Waals surface area contributed by atoms with Crippen LogP contribution < -0.4 is 0 Å². The molecule has 1 heterocycles. The molecule has 0 aromatic carbocycles. The van der Waals surface area contributed by atoms with Gasteiger partial charge in [0.1, 0.15) is 6.10 Å². The number of rotatable bonds is 5. The topological polar surface area (TPSA) is 29.5 Å². The van der Waals surface area contributed by atoms with Crippen molar-refractivity contribution < 1.29 is 9.53 Å². The van der Waals surface area contributed by atoms with Crippen molar-refractivity contribution in [2.75, 3.05) is 18.9 Å². The summed E-state index contributed by atoms with van der Waals surface area (Å²) in [5.74, 6) is 1.22. The number of ether oxygens (including phenoxy) is 1. The number of hydrogen-bond donors (Lipinski definition) is 0. The summed E-state index contributed by atoms with van der Waals surface area (Å²) in [5, 5.41) is 0.380. The Kier molecular flexibility index (Phi) is 5.47. The van der Waals surface area contributed by atoms with Crippen LogP contribution in [-0.4, -0.2) is 41.2 Å². The van der Waals surface area contributed by atoms with Crippen molar-refractivity contribution in [3.05, 3.63) is 0 Å². The van der Waals surface area contributed by atoms with E-state index in [0.717, 1.165) is 25.1 Å². The molecule has 0 bridgehead atoms. The lowest BCUT2D eigenvalue weighted by Crippen LogP contribution is -2.41. The molecule has 15 heavy (non-hydrogen) atoms. The van der Waals surface area contributed by atoms with Gasteiger partial charge in [-0.2, -0.15) is 0 Å². The van der Waals surface area contributed by atoms with E-state index in [4.69, 9.17) is 4.74 Å². The largest absolute Gasteiger partial charge is 0.369 e. The Hall–Kier alpha value is -0.220. The fraction of sp³-hybridized carbons (Fsp3) is 0.909. The molecule has 4 heteroatoms. The van der Waals surface area contributed by atoms with Crippen molar-refractivity contribution in [3.8, 4) is 0 Å². The average molecular weight is 231 g/mol. The highest BCUT2D eigenvalue weighted by molar-refractivity contribution is 8.00. The summed E-state index contributed by atoms with van der Waals surface area (Å²) >= 11 is 1.89. The minimum absolute atomic E-state index is 0.153. The summed E-state index contributed by atoms with van der Waals surface area (Å²) in [6, 6.07) is 0. The predicted molar refractivity (Wildman–Crippen MR) is 64.0 cm³/mol. The van der Waals surface area contributed by atoms with Crippen LogP contribution in [0.4, 0.5) is 0 Å². The van der Waals surface area contributed by atoms with Gasteiger partial charge in [0.05, 0.1) is 5.37 Å². The molecule has 1 aliphatic heterocycles. The molecular formula is C11H21NO2S. The van der Waals surface area contributed by atoms with Crippen LogP contribution in [0.25, 0.3) is 0 Å². The summed E-state index contributed by atoms with van der Waals surface area (Å²) in [6.07, 6.45) is 1.94. The van der Waals surface area contributed by atoms with Crippen LogP contribution in [0, 0.1) is 0 Å². The van der Waals surface area contributed by atoms with Crippen molar-refractivity contribution in [1.82, 2.24) is 4.90 Å². The van der Waals surface area contributed by atoms with E-state index in [2.05, 4.69) is 6.92 Å². The summed E-state index contributed by atoms with van der Waals surface area (Å²) in [6.45, 7) is 7.41. The molecule has 0 N–H and O–H groups in total. The van der Waals surface area contributed by atoms with Crippen molar-refractivity contribution in [1.29, 1.82) is 0 Å². The number of thioether (sulfide) groups is 1. The maximum atomic E-state index is 12.0. The molecule has 0 radical (unpaired) electrons. The summed E-state index contributed by atoms with van der Waals surface area (Å²) < 4.78 is 5.34. The van der Waals surface area contributed by atoms with Gasteiger partial charge >= 0.3 is 0 Å². The van der Waals surface area contributed by atoms with E-state index < -0.39 is 0 Å². The number of amides is 1. The zero-order valence-electron chi connectivity index (χ0n) is 9.86. The normalized spacial score (nSPS) is 23.1. The number of nitrogens with zero attached hydrogens (tertiary/aromatic N) is 1. The van der Waals surface area contributed by atoms with Gasteiger partial charge in [0.15, 0.2) is 0 Å². The minimum Gasteiger partial charge on any atom is -0.369 e. The third-order valence-electron chi connectivity index (χ3n) is 2.57. The van der Waals surface area contributed by atoms with Crippen LogP contribution in [-0.2, 0) is 9.53 Å². The Morgan fingerprint density at radius 2 is 2.33 bits per heavy atom. The minimum atomic E-state index is -0.284. The maximum absolute atomic E-state index is 12.0. The molecule has 0 aromatic heterocycles. The molecular weight excluding hydrogens is 210 g/mol. The Balaban J connectivity index is 2.50. The number of carbonyl (C=O) groups excluding carboxylic acids is 1. The number of carbonyl (C=O) groups is 1. The van der Waals surface area contributed by atoms with Gasteiger partial charge < -0.3 is 9.64 Å². The highest BCUT2D eigenvalue weighted by atomic mass is 32.2. The Morgan fingerprint density at radius 1 is 1.60 bits per heavy atom. The van der Waals surface area contributed by atoms with E-state index in [9.17, 15) is 4.79 Å². The van der Waals surface area contributed by atoms with Gasteiger partial charge in [-0.3, -0.25) is 4.79 Å². The smallest absolute Gasteiger partial charge is 0.252 e. The first-order valence-corrected chi connectivity index (χ1v) is 6.79. The first-order valence-electron chi connectivity index (χ1n) is 5.74. The quantitative estimate of drug-likeness (QED) is 0.726. The molecule has 0 aromatic rings. The van der Waals surface area contributed by atoms with Crippen LogP contribution in [0.3, 0.4) is 0 Å². The van der Waals surface area contributed by atoms with Crippen LogP contribution in [0.1, 0.15) is 33.6 Å². The van der Waals surface area contributed by atoms with Gasteiger partial charge in [-0.15, -0.1) is 11.8 Å². The molecule has 0 saturated carbocycles. The fourth-order valence-electron chi connectivity index (χ4n) is 1.81. The lowest BCUT2D eigenvalue weighted by Gasteiger charge is -2.26. The first kappa shape index (κ1) is 12.8. The zero-order chi connectivity index (χ0) is 11.3. The highest BCUT2D eigenvalue weighted by Crippen LogP contribution is 2.28. The van der Waals surface area contributed by atoms with Gasteiger partial charge in [0.25, 0.3) is 5.91 Å². The SMILES string of the molecule is CCCC1SCCN1C(=O)C(C)OCC. The third kappa shape index (κ3) is 3.38. The summed E-state index contributed by atoms with van der Waals surface area (Å²) in [7, 11) is 0. The molecule has 1 aliphatic rings. The van der Waals surface area contributed by atoms with Crippen LogP contribution in [0.15, 0.2) is 0 Å². The van der Waals surface area contributed by atoms with Crippen molar-refractivity contribution in [3.63, 3.8) is 0 Å². The second-order valence-electron chi connectivity index (χ2n) is 3.74. The average Bonchev–Trinajstić information content (AvgIpc) is 2.66. The van der Waals surface area contributed by atoms with E-state index in [-0.39, 0.29) is 12.0 Å². The molecule has 2 unspecified atom stereocenters. The van der Waals surface area contributed by atoms with Gasteiger partial charge in [0, 0.05) is 18.9 Å². The second-order valence-corrected chi connectivity index (χ2v) is 5.03. The van der Waals surface area contributed by atoms with Gasteiger partial charge in [-0.05, 0) is 20.3 Å². The van der Waals surface area contributed by atoms with E-state index in [0.29, 0.717) is 12.0 Å². The van der Waals surface area contributed by atoms with Gasteiger partial charge in [-0.1, -0.05) is 13.3 Å². The van der Waals surface area contributed by atoms with Gasteiger partial charge in [0.2, 0.25) is 0 Å². The highest BCUT2D eigenvalue weighted by Gasteiger charge is 2.31.